The van der Waals surface area contributed by atoms with E-state index >= 15 is 0 Å². The molecule has 3 aliphatic carbocycles. The number of hydrogen-bond acceptors (Lipinski definition) is 2. The molecule has 192 valence electrons. The van der Waals surface area contributed by atoms with Gasteiger partial charge in [0.05, 0.1) is 0 Å². The molecule has 4 amide bonds. The van der Waals surface area contributed by atoms with Crippen LogP contribution >= 0.6 is 0 Å². The van der Waals surface area contributed by atoms with Crippen molar-refractivity contribution in [2.24, 2.45) is 11.8 Å². The van der Waals surface area contributed by atoms with Crippen molar-refractivity contribution < 1.29 is 9.59 Å². The van der Waals surface area contributed by atoms with Crippen LogP contribution in [-0.2, 0) is 25.7 Å². The summed E-state index contributed by atoms with van der Waals surface area (Å²) in [6.07, 6.45) is 13.6. The first-order valence-corrected chi connectivity index (χ1v) is 14.0. The molecule has 0 radical (unpaired) electrons. The van der Waals surface area contributed by atoms with E-state index < -0.39 is 0 Å². The molecule has 1 saturated carbocycles. The van der Waals surface area contributed by atoms with Crippen LogP contribution in [0.3, 0.4) is 0 Å². The Morgan fingerprint density at radius 3 is 1.61 bits per heavy atom. The van der Waals surface area contributed by atoms with Crippen molar-refractivity contribution in [3.8, 4) is 0 Å². The molecule has 36 heavy (non-hydrogen) atoms. The summed E-state index contributed by atoms with van der Waals surface area (Å²) in [7, 11) is 0. The van der Waals surface area contributed by atoms with Gasteiger partial charge in [-0.3, -0.25) is 0 Å². The van der Waals surface area contributed by atoms with Gasteiger partial charge in [0, 0.05) is 24.5 Å². The number of aryl methyl sites for hydroxylation is 2. The van der Waals surface area contributed by atoms with Crippen LogP contribution in [0.15, 0.2) is 36.4 Å². The Morgan fingerprint density at radius 1 is 0.639 bits per heavy atom. The third-order valence-electron chi connectivity index (χ3n) is 8.28. The number of anilines is 2. The summed E-state index contributed by atoms with van der Waals surface area (Å²) >= 11 is 0. The molecule has 6 nitrogen and oxygen atoms in total. The molecule has 2 atom stereocenters. The Labute approximate surface area is 215 Å². The van der Waals surface area contributed by atoms with Crippen LogP contribution in [0, 0.1) is 11.8 Å². The van der Waals surface area contributed by atoms with E-state index in [1.54, 1.807) is 0 Å². The van der Waals surface area contributed by atoms with Gasteiger partial charge in [-0.25, -0.2) is 9.59 Å². The van der Waals surface area contributed by atoms with Gasteiger partial charge in [-0.2, -0.15) is 0 Å². The fourth-order valence-electron chi connectivity index (χ4n) is 6.38. The van der Waals surface area contributed by atoms with Gasteiger partial charge in [0.1, 0.15) is 0 Å². The number of amides is 4. The number of rotatable bonds is 6. The average Bonchev–Trinajstić information content (AvgIpc) is 2.91. The smallest absolute Gasteiger partial charge is 0.319 e. The van der Waals surface area contributed by atoms with Crippen LogP contribution < -0.4 is 21.3 Å². The van der Waals surface area contributed by atoms with Crippen LogP contribution in [0.25, 0.3) is 0 Å². The Bertz CT molecular complexity index is 999. The van der Waals surface area contributed by atoms with Gasteiger partial charge in [-0.1, -0.05) is 30.7 Å². The lowest BCUT2D eigenvalue weighted by molar-refractivity contribution is 0.230. The maximum Gasteiger partial charge on any atom is 0.319 e. The normalized spacial score (nSPS) is 21.0. The third-order valence-corrected chi connectivity index (χ3v) is 8.28. The molecule has 0 unspecified atom stereocenters. The highest BCUT2D eigenvalue weighted by Gasteiger charge is 2.23. The van der Waals surface area contributed by atoms with E-state index in [0.717, 1.165) is 62.7 Å². The number of nitrogens with one attached hydrogen (secondary N) is 4. The summed E-state index contributed by atoms with van der Waals surface area (Å²) in [5, 5.41) is 12.4. The van der Waals surface area contributed by atoms with Crippen LogP contribution in [0.4, 0.5) is 21.0 Å². The Morgan fingerprint density at radius 2 is 1.11 bits per heavy atom. The van der Waals surface area contributed by atoms with Crippen LogP contribution in [-0.4, -0.2) is 25.2 Å². The van der Waals surface area contributed by atoms with Gasteiger partial charge in [0.15, 0.2) is 0 Å². The fourth-order valence-corrected chi connectivity index (χ4v) is 6.38. The van der Waals surface area contributed by atoms with Gasteiger partial charge in [0.2, 0.25) is 0 Å². The number of fused-ring (bicyclic) bond motifs is 2. The second-order valence-electron chi connectivity index (χ2n) is 10.9. The highest BCUT2D eigenvalue weighted by atomic mass is 16.2. The van der Waals surface area contributed by atoms with E-state index in [1.807, 2.05) is 24.3 Å². The standard InChI is InChI=1S/C30H40N4O2/c35-29(33-27-16-6-12-23-10-1-3-14-25(23)27)31-19-21-8-5-9-22(18-21)20-32-30(36)34-28-17-7-13-24-11-2-4-15-26(24)28/h6-7,12-13,16-17,21-22H,1-5,8-11,14-15,18-20H2,(H2,31,33,35)(H2,32,34,36)/t21-,22+. The molecule has 1 fully saturated rings. The number of urea groups is 2. The number of carbonyl (C=O) groups is 2. The summed E-state index contributed by atoms with van der Waals surface area (Å²) in [4.78, 5) is 25.3. The quantitative estimate of drug-likeness (QED) is 0.391. The topological polar surface area (TPSA) is 82.3 Å². The first-order chi connectivity index (χ1) is 17.7. The van der Waals surface area contributed by atoms with Gasteiger partial charge >= 0.3 is 12.1 Å². The molecule has 0 saturated heterocycles. The lowest BCUT2D eigenvalue weighted by Gasteiger charge is -2.29. The van der Waals surface area contributed by atoms with E-state index in [9.17, 15) is 9.59 Å². The van der Waals surface area contributed by atoms with Crippen molar-refractivity contribution in [2.45, 2.75) is 77.0 Å². The zero-order chi connectivity index (χ0) is 24.7. The summed E-state index contributed by atoms with van der Waals surface area (Å²) in [6.45, 7) is 1.36. The molecule has 2 aromatic carbocycles. The van der Waals surface area contributed by atoms with Crippen LogP contribution in [0.1, 0.15) is 73.6 Å². The average molecular weight is 489 g/mol. The van der Waals surface area contributed by atoms with Crippen molar-refractivity contribution in [1.29, 1.82) is 0 Å². The van der Waals surface area contributed by atoms with Gasteiger partial charge in [-0.15, -0.1) is 0 Å². The lowest BCUT2D eigenvalue weighted by atomic mass is 9.81. The molecular weight excluding hydrogens is 448 g/mol. The fraction of sp³-hybridized carbons (Fsp3) is 0.533. The predicted octanol–water partition coefficient (Wildman–Crippen LogP) is 6.19. The zero-order valence-electron chi connectivity index (χ0n) is 21.3. The molecule has 5 rings (SSSR count). The Kier molecular flexibility index (Phi) is 8.09. The van der Waals surface area contributed by atoms with Gasteiger partial charge in [0.25, 0.3) is 0 Å². The van der Waals surface area contributed by atoms with Crippen molar-refractivity contribution in [3.63, 3.8) is 0 Å². The summed E-state index contributed by atoms with van der Waals surface area (Å²) in [6, 6.07) is 12.3. The van der Waals surface area contributed by atoms with E-state index in [2.05, 4.69) is 33.4 Å². The van der Waals surface area contributed by atoms with Crippen molar-refractivity contribution >= 4 is 23.4 Å². The van der Waals surface area contributed by atoms with Crippen molar-refractivity contribution in [2.75, 3.05) is 23.7 Å². The number of carbonyl (C=O) groups excluding carboxylic acids is 2. The second kappa shape index (κ2) is 11.8. The molecule has 0 aliphatic heterocycles. The highest BCUT2D eigenvalue weighted by Crippen LogP contribution is 2.30. The maximum atomic E-state index is 12.6. The van der Waals surface area contributed by atoms with E-state index in [0.29, 0.717) is 24.9 Å². The van der Waals surface area contributed by atoms with E-state index in [1.165, 1.54) is 47.9 Å². The molecule has 0 bridgehead atoms. The SMILES string of the molecule is O=C(NC[C@H]1CCC[C@@H](CNC(=O)Nc2cccc3c2CCCC3)C1)Nc1cccc2c1CCCC2. The molecule has 0 aromatic heterocycles. The van der Waals surface area contributed by atoms with Crippen LogP contribution in [0.5, 0.6) is 0 Å². The largest absolute Gasteiger partial charge is 0.338 e. The molecule has 6 heteroatoms. The monoisotopic (exact) mass is 488 g/mol. The lowest BCUT2D eigenvalue weighted by Crippen LogP contribution is -2.38. The zero-order valence-corrected chi connectivity index (χ0v) is 21.3. The Balaban J connectivity index is 1.05. The minimum atomic E-state index is -0.111. The van der Waals surface area contributed by atoms with Gasteiger partial charge < -0.3 is 21.3 Å². The summed E-state index contributed by atoms with van der Waals surface area (Å²) in [5.74, 6) is 0.899. The van der Waals surface area contributed by atoms with Crippen molar-refractivity contribution in [3.05, 3.63) is 58.7 Å². The molecule has 0 heterocycles. The highest BCUT2D eigenvalue weighted by molar-refractivity contribution is 5.91. The first-order valence-electron chi connectivity index (χ1n) is 14.0. The minimum Gasteiger partial charge on any atom is -0.338 e. The molecule has 0 spiro atoms. The third kappa shape index (κ3) is 6.21. The predicted molar refractivity (Wildman–Crippen MR) is 146 cm³/mol. The molecule has 4 N–H and O–H groups in total. The minimum absolute atomic E-state index is 0.111. The maximum absolute atomic E-state index is 12.6. The van der Waals surface area contributed by atoms with E-state index in [4.69, 9.17) is 0 Å². The number of benzene rings is 2. The summed E-state index contributed by atoms with van der Waals surface area (Å²) < 4.78 is 0. The summed E-state index contributed by atoms with van der Waals surface area (Å²) in [5.41, 5.74) is 7.27. The molecular formula is C30H40N4O2. The Hall–Kier alpha value is -3.02. The molecule has 3 aliphatic rings. The van der Waals surface area contributed by atoms with Crippen LogP contribution in [0.2, 0.25) is 0 Å². The first kappa shape index (κ1) is 24.7. The van der Waals surface area contributed by atoms with Gasteiger partial charge in [-0.05, 0) is 117 Å². The second-order valence-corrected chi connectivity index (χ2v) is 10.9. The number of hydrogen-bond donors (Lipinski definition) is 4. The molecule has 2 aromatic rings. The van der Waals surface area contributed by atoms with Crippen molar-refractivity contribution in [1.82, 2.24) is 10.6 Å². The van der Waals surface area contributed by atoms with E-state index in [-0.39, 0.29) is 12.1 Å².